The highest BCUT2D eigenvalue weighted by atomic mass is 19.4. The number of imide groups is 1. The Morgan fingerprint density at radius 1 is 1.00 bits per heavy atom. The second kappa shape index (κ2) is 8.18. The van der Waals surface area contributed by atoms with E-state index in [4.69, 9.17) is 0 Å². The highest BCUT2D eigenvalue weighted by Gasteiger charge is 2.73. The first kappa shape index (κ1) is 24.0. The van der Waals surface area contributed by atoms with Crippen molar-refractivity contribution in [3.63, 3.8) is 0 Å². The Bertz CT molecular complexity index is 1250. The van der Waals surface area contributed by atoms with Crippen LogP contribution in [0.3, 0.4) is 0 Å². The van der Waals surface area contributed by atoms with Crippen molar-refractivity contribution in [1.29, 1.82) is 0 Å². The van der Waals surface area contributed by atoms with Gasteiger partial charge < -0.3 is 9.80 Å². The van der Waals surface area contributed by atoms with Gasteiger partial charge in [-0.3, -0.25) is 24.1 Å². The highest BCUT2D eigenvalue weighted by molar-refractivity contribution is 6.13. The monoisotopic (exact) mass is 499 g/mol. The van der Waals surface area contributed by atoms with Crippen LogP contribution < -0.4 is 0 Å². The molecule has 0 aromatic heterocycles. The molecule has 188 valence electrons. The number of likely N-dealkylation sites (N-methyl/N-ethyl adjacent to an activating group) is 1. The molecule has 3 saturated heterocycles. The summed E-state index contributed by atoms with van der Waals surface area (Å²) in [4.78, 5) is 58.4. The number of fused-ring (bicyclic) bond motifs is 5. The second-order valence-corrected chi connectivity index (χ2v) is 9.56. The van der Waals surface area contributed by atoms with Crippen LogP contribution in [0, 0.1) is 11.8 Å². The van der Waals surface area contributed by atoms with Gasteiger partial charge in [0.1, 0.15) is 5.54 Å². The molecule has 2 aromatic rings. The van der Waals surface area contributed by atoms with E-state index in [1.807, 2.05) is 6.07 Å². The quantitative estimate of drug-likeness (QED) is 0.607. The summed E-state index contributed by atoms with van der Waals surface area (Å²) in [6.45, 7) is 3.73. The van der Waals surface area contributed by atoms with Gasteiger partial charge >= 0.3 is 6.18 Å². The SMILES string of the molecule is CCN1C[C@@H]2[C@@H]3C(=O)N(Cc4ccccc4)C(=O)[C@@H]3[C@](C)(C1=O)N2C(=O)c1ccc(C(F)(F)F)cc1. The number of rotatable bonds is 4. The number of hydrogen-bond donors (Lipinski definition) is 0. The van der Waals surface area contributed by atoms with E-state index in [1.54, 1.807) is 31.2 Å². The highest BCUT2D eigenvalue weighted by Crippen LogP contribution is 2.53. The molecule has 10 heteroatoms. The molecule has 5 rings (SSSR count). The largest absolute Gasteiger partial charge is 0.416 e. The second-order valence-electron chi connectivity index (χ2n) is 9.56. The van der Waals surface area contributed by atoms with Gasteiger partial charge in [-0.25, -0.2) is 0 Å². The Kier molecular flexibility index (Phi) is 5.46. The number of hydrogen-bond acceptors (Lipinski definition) is 4. The number of carbonyl (C=O) groups is 4. The third-order valence-corrected chi connectivity index (χ3v) is 7.67. The molecule has 0 aliphatic carbocycles. The number of likely N-dealkylation sites (tertiary alicyclic amines) is 2. The van der Waals surface area contributed by atoms with Gasteiger partial charge in [0.05, 0.1) is 30.0 Å². The lowest BCUT2D eigenvalue weighted by molar-refractivity contribution is -0.155. The molecule has 7 nitrogen and oxygen atoms in total. The smallest absolute Gasteiger partial charge is 0.339 e. The van der Waals surface area contributed by atoms with E-state index in [9.17, 15) is 32.3 Å². The summed E-state index contributed by atoms with van der Waals surface area (Å²) < 4.78 is 39.0. The molecule has 36 heavy (non-hydrogen) atoms. The first-order valence-corrected chi connectivity index (χ1v) is 11.7. The van der Waals surface area contributed by atoms with Crippen molar-refractivity contribution in [3.8, 4) is 0 Å². The van der Waals surface area contributed by atoms with Gasteiger partial charge in [0.2, 0.25) is 17.7 Å². The van der Waals surface area contributed by atoms with Crippen LogP contribution in [0.5, 0.6) is 0 Å². The maximum atomic E-state index is 13.6. The summed E-state index contributed by atoms with van der Waals surface area (Å²) in [6, 6.07) is 12.0. The van der Waals surface area contributed by atoms with E-state index in [1.165, 1.54) is 16.7 Å². The van der Waals surface area contributed by atoms with Gasteiger partial charge in [-0.15, -0.1) is 0 Å². The minimum atomic E-state index is -4.56. The van der Waals surface area contributed by atoms with E-state index < -0.39 is 58.8 Å². The molecule has 3 aliphatic rings. The summed E-state index contributed by atoms with van der Waals surface area (Å²) in [6.07, 6.45) is -4.56. The number of nitrogens with zero attached hydrogens (tertiary/aromatic N) is 3. The normalized spacial score (nSPS) is 27.6. The first-order chi connectivity index (χ1) is 17.0. The van der Waals surface area contributed by atoms with Gasteiger partial charge in [-0.1, -0.05) is 30.3 Å². The van der Waals surface area contributed by atoms with E-state index >= 15 is 0 Å². The molecule has 3 fully saturated rings. The lowest BCUT2D eigenvalue weighted by Crippen LogP contribution is -2.68. The minimum Gasteiger partial charge on any atom is -0.339 e. The zero-order valence-electron chi connectivity index (χ0n) is 19.7. The molecule has 3 aliphatic heterocycles. The molecule has 4 amide bonds. The number of piperazine rings is 1. The zero-order chi connectivity index (χ0) is 26.0. The fraction of sp³-hybridized carbons (Fsp3) is 0.385. The predicted molar refractivity (Wildman–Crippen MR) is 121 cm³/mol. The summed E-state index contributed by atoms with van der Waals surface area (Å²) in [7, 11) is 0. The lowest BCUT2D eigenvalue weighted by Gasteiger charge is -2.47. The van der Waals surface area contributed by atoms with Gasteiger partial charge in [0.15, 0.2) is 0 Å². The molecule has 2 bridgehead atoms. The maximum Gasteiger partial charge on any atom is 0.416 e. The number of amides is 4. The standard InChI is InChI=1S/C26H24F3N3O4/c1-3-30-14-18-19-20(23(35)31(22(19)34)13-15-7-5-4-6-8-15)25(2,24(30)36)32(18)21(33)16-9-11-17(12-10-16)26(27,28)29/h4-12,18-20H,3,13-14H2,1-2H3/t18-,19+,20-,25-/m1/s1. The molecule has 3 heterocycles. The van der Waals surface area contributed by atoms with E-state index in [0.717, 1.165) is 34.7 Å². The Hall–Kier alpha value is -3.69. The molecule has 0 saturated carbocycles. The lowest BCUT2D eigenvalue weighted by atomic mass is 9.81. The van der Waals surface area contributed by atoms with Crippen LogP contribution in [-0.2, 0) is 27.1 Å². The first-order valence-electron chi connectivity index (χ1n) is 11.7. The van der Waals surface area contributed by atoms with Crippen LogP contribution in [0.2, 0.25) is 0 Å². The maximum absolute atomic E-state index is 13.6. The van der Waals surface area contributed by atoms with Crippen molar-refractivity contribution in [2.24, 2.45) is 11.8 Å². The Labute approximate surface area is 205 Å². The topological polar surface area (TPSA) is 78.0 Å². The predicted octanol–water partition coefficient (Wildman–Crippen LogP) is 2.95. The molecule has 4 atom stereocenters. The fourth-order valence-electron chi connectivity index (χ4n) is 5.94. The average Bonchev–Trinajstić information content (AvgIpc) is 3.23. The van der Waals surface area contributed by atoms with Crippen molar-refractivity contribution in [2.75, 3.05) is 13.1 Å². The Balaban J connectivity index is 1.53. The summed E-state index contributed by atoms with van der Waals surface area (Å²) in [5.74, 6) is -4.07. The zero-order valence-corrected chi connectivity index (χ0v) is 19.7. The van der Waals surface area contributed by atoms with Gasteiger partial charge in [-0.05, 0) is 43.7 Å². The Morgan fingerprint density at radius 3 is 2.22 bits per heavy atom. The Morgan fingerprint density at radius 2 is 1.64 bits per heavy atom. The van der Waals surface area contributed by atoms with Gasteiger partial charge in [0.25, 0.3) is 5.91 Å². The van der Waals surface area contributed by atoms with Crippen LogP contribution in [0.1, 0.15) is 35.3 Å². The van der Waals surface area contributed by atoms with Crippen LogP contribution >= 0.6 is 0 Å². The molecule has 2 aromatic carbocycles. The number of carbonyl (C=O) groups excluding carboxylic acids is 4. The molecule has 0 spiro atoms. The van der Waals surface area contributed by atoms with Crippen molar-refractivity contribution >= 4 is 23.6 Å². The minimum absolute atomic E-state index is 0.0435. The number of alkyl halides is 3. The van der Waals surface area contributed by atoms with Crippen LogP contribution in [-0.4, -0.2) is 63.0 Å². The summed E-state index contributed by atoms with van der Waals surface area (Å²) in [5.41, 5.74) is -1.83. The average molecular weight is 499 g/mol. The fourth-order valence-corrected chi connectivity index (χ4v) is 5.94. The van der Waals surface area contributed by atoms with Crippen molar-refractivity contribution in [3.05, 3.63) is 71.3 Å². The van der Waals surface area contributed by atoms with E-state index in [2.05, 4.69) is 0 Å². The van der Waals surface area contributed by atoms with Crippen LogP contribution in [0.15, 0.2) is 54.6 Å². The van der Waals surface area contributed by atoms with Gasteiger partial charge in [-0.2, -0.15) is 13.2 Å². The number of benzene rings is 2. The molecule has 0 N–H and O–H groups in total. The third-order valence-electron chi connectivity index (χ3n) is 7.67. The summed E-state index contributed by atoms with van der Waals surface area (Å²) >= 11 is 0. The number of halogens is 3. The third kappa shape index (κ3) is 3.34. The van der Waals surface area contributed by atoms with Crippen molar-refractivity contribution < 1.29 is 32.3 Å². The molecule has 0 radical (unpaired) electrons. The van der Waals surface area contributed by atoms with Crippen molar-refractivity contribution in [1.82, 2.24) is 14.7 Å². The molecular formula is C26H24F3N3O4. The van der Waals surface area contributed by atoms with E-state index in [0.29, 0.717) is 6.54 Å². The van der Waals surface area contributed by atoms with Crippen LogP contribution in [0.4, 0.5) is 13.2 Å². The van der Waals surface area contributed by atoms with Crippen LogP contribution in [0.25, 0.3) is 0 Å². The van der Waals surface area contributed by atoms with Crippen molar-refractivity contribution in [2.45, 2.75) is 38.1 Å². The van der Waals surface area contributed by atoms with E-state index in [-0.39, 0.29) is 18.7 Å². The molecular weight excluding hydrogens is 475 g/mol. The summed E-state index contributed by atoms with van der Waals surface area (Å²) in [5, 5.41) is 0. The van der Waals surface area contributed by atoms with Gasteiger partial charge in [0, 0.05) is 18.7 Å². The molecule has 0 unspecified atom stereocenters.